The lowest BCUT2D eigenvalue weighted by Gasteiger charge is -2.41. The minimum atomic E-state index is -0.187. The van der Waals surface area contributed by atoms with E-state index < -0.39 is 0 Å². The van der Waals surface area contributed by atoms with E-state index in [9.17, 15) is 4.79 Å². The zero-order valence-electron chi connectivity index (χ0n) is 10.2. The highest BCUT2D eigenvalue weighted by molar-refractivity contribution is 5.86. The average molecular weight is 206 g/mol. The Bertz CT molecular complexity index is 290. The van der Waals surface area contributed by atoms with Gasteiger partial charge in [0.2, 0.25) is 0 Å². The molecule has 0 spiro atoms. The average Bonchev–Trinajstić information content (AvgIpc) is 2.14. The summed E-state index contributed by atoms with van der Waals surface area (Å²) in [5, 5.41) is 0. The maximum Gasteiger partial charge on any atom is 0.139 e. The highest BCUT2D eigenvalue weighted by Crippen LogP contribution is 2.44. The van der Waals surface area contributed by atoms with Crippen molar-refractivity contribution in [3.8, 4) is 0 Å². The van der Waals surface area contributed by atoms with Crippen LogP contribution in [0.5, 0.6) is 0 Å². The minimum Gasteiger partial charge on any atom is -0.299 e. The van der Waals surface area contributed by atoms with E-state index in [-0.39, 0.29) is 5.41 Å². The number of carbonyl (C=O) groups is 1. The van der Waals surface area contributed by atoms with E-state index >= 15 is 0 Å². The molecule has 0 aromatic rings. The second kappa shape index (κ2) is 4.34. The van der Waals surface area contributed by atoms with Gasteiger partial charge in [-0.1, -0.05) is 32.1 Å². The second-order valence-corrected chi connectivity index (χ2v) is 5.22. The van der Waals surface area contributed by atoms with Crippen LogP contribution < -0.4 is 0 Å². The lowest BCUT2D eigenvalue weighted by molar-refractivity contribution is -0.134. The molecule has 0 bridgehead atoms. The van der Waals surface area contributed by atoms with E-state index in [1.165, 1.54) is 0 Å². The summed E-state index contributed by atoms with van der Waals surface area (Å²) in [6.45, 7) is 14.0. The molecule has 1 fully saturated rings. The summed E-state index contributed by atoms with van der Waals surface area (Å²) in [6, 6.07) is 0. The quantitative estimate of drug-likeness (QED) is 0.643. The summed E-state index contributed by atoms with van der Waals surface area (Å²) in [4.78, 5) is 12.1. The summed E-state index contributed by atoms with van der Waals surface area (Å²) < 4.78 is 0. The number of allylic oxidation sites excluding steroid dienone is 2. The molecule has 3 atom stereocenters. The summed E-state index contributed by atoms with van der Waals surface area (Å²) in [5.41, 5.74) is 0.962. The van der Waals surface area contributed by atoms with Crippen LogP contribution in [0.25, 0.3) is 0 Å². The maximum absolute atomic E-state index is 12.1. The first kappa shape index (κ1) is 12.2. The smallest absolute Gasteiger partial charge is 0.139 e. The topological polar surface area (TPSA) is 17.1 Å². The molecule has 0 amide bonds. The minimum absolute atomic E-state index is 0.187. The Balaban J connectivity index is 2.85. The summed E-state index contributed by atoms with van der Waals surface area (Å²) >= 11 is 0. The number of rotatable bonds is 3. The predicted molar refractivity (Wildman–Crippen MR) is 64.6 cm³/mol. The molecule has 1 heteroatoms. The highest BCUT2D eigenvalue weighted by Gasteiger charge is 2.43. The van der Waals surface area contributed by atoms with Crippen LogP contribution in [0.3, 0.4) is 0 Å². The van der Waals surface area contributed by atoms with E-state index in [1.54, 1.807) is 0 Å². The molecule has 0 saturated heterocycles. The zero-order valence-corrected chi connectivity index (χ0v) is 10.2. The van der Waals surface area contributed by atoms with Crippen molar-refractivity contribution in [1.82, 2.24) is 0 Å². The van der Waals surface area contributed by atoms with E-state index in [0.717, 1.165) is 18.4 Å². The van der Waals surface area contributed by atoms with Gasteiger partial charge in [0.1, 0.15) is 5.78 Å². The van der Waals surface area contributed by atoms with Crippen LogP contribution in [0.1, 0.15) is 40.0 Å². The van der Waals surface area contributed by atoms with Gasteiger partial charge in [-0.3, -0.25) is 4.79 Å². The van der Waals surface area contributed by atoms with Crippen molar-refractivity contribution in [3.63, 3.8) is 0 Å². The third-order valence-electron chi connectivity index (χ3n) is 4.06. The Morgan fingerprint density at radius 3 is 2.67 bits per heavy atom. The van der Waals surface area contributed by atoms with Crippen molar-refractivity contribution in [1.29, 1.82) is 0 Å². The third kappa shape index (κ3) is 2.22. The Morgan fingerprint density at radius 2 is 2.27 bits per heavy atom. The number of hydrogen-bond acceptors (Lipinski definition) is 1. The lowest BCUT2D eigenvalue weighted by atomic mass is 9.62. The van der Waals surface area contributed by atoms with Crippen LogP contribution in [0.4, 0.5) is 0 Å². The van der Waals surface area contributed by atoms with Crippen LogP contribution >= 0.6 is 0 Å². The van der Waals surface area contributed by atoms with Gasteiger partial charge < -0.3 is 0 Å². The third-order valence-corrected chi connectivity index (χ3v) is 4.06. The molecular formula is C14H22O. The van der Waals surface area contributed by atoms with Crippen molar-refractivity contribution >= 4 is 5.78 Å². The van der Waals surface area contributed by atoms with Crippen molar-refractivity contribution in [3.05, 3.63) is 24.8 Å². The molecule has 0 heterocycles. The maximum atomic E-state index is 12.1. The molecule has 1 aliphatic rings. The van der Waals surface area contributed by atoms with E-state index in [0.29, 0.717) is 24.0 Å². The van der Waals surface area contributed by atoms with Gasteiger partial charge in [-0.25, -0.2) is 0 Å². The number of hydrogen-bond donors (Lipinski definition) is 0. The van der Waals surface area contributed by atoms with Crippen LogP contribution in [-0.2, 0) is 4.79 Å². The van der Waals surface area contributed by atoms with E-state index in [4.69, 9.17) is 0 Å². The van der Waals surface area contributed by atoms with Gasteiger partial charge in [-0.2, -0.15) is 0 Å². The lowest BCUT2D eigenvalue weighted by Crippen LogP contribution is -2.41. The fourth-order valence-corrected chi connectivity index (χ4v) is 2.49. The van der Waals surface area contributed by atoms with Gasteiger partial charge in [-0.15, -0.1) is 6.58 Å². The number of ketones is 1. The zero-order chi connectivity index (χ0) is 11.6. The van der Waals surface area contributed by atoms with Crippen molar-refractivity contribution in [2.45, 2.75) is 40.0 Å². The monoisotopic (exact) mass is 206 g/mol. The molecule has 0 aromatic heterocycles. The van der Waals surface area contributed by atoms with Gasteiger partial charge in [0.05, 0.1) is 0 Å². The van der Waals surface area contributed by atoms with Gasteiger partial charge in [-0.05, 0) is 31.6 Å². The predicted octanol–water partition coefficient (Wildman–Crippen LogP) is 3.76. The van der Waals surface area contributed by atoms with Gasteiger partial charge >= 0.3 is 0 Å². The summed E-state index contributed by atoms with van der Waals surface area (Å²) in [6.07, 6.45) is 4.43. The summed E-state index contributed by atoms with van der Waals surface area (Å²) in [5.74, 6) is 1.21. The molecule has 0 radical (unpaired) electrons. The van der Waals surface area contributed by atoms with E-state index in [2.05, 4.69) is 27.0 Å². The first-order valence-corrected chi connectivity index (χ1v) is 5.71. The Kier molecular flexibility index (Phi) is 3.54. The van der Waals surface area contributed by atoms with Crippen LogP contribution in [0.2, 0.25) is 0 Å². The Labute approximate surface area is 93.3 Å². The van der Waals surface area contributed by atoms with Gasteiger partial charge in [0.25, 0.3) is 0 Å². The molecule has 1 nitrogen and oxygen atoms in total. The van der Waals surface area contributed by atoms with E-state index in [1.807, 2.05) is 13.0 Å². The Morgan fingerprint density at radius 1 is 1.67 bits per heavy atom. The Hall–Kier alpha value is -0.850. The molecule has 1 saturated carbocycles. The van der Waals surface area contributed by atoms with Crippen molar-refractivity contribution in [2.24, 2.45) is 17.3 Å². The molecule has 0 unspecified atom stereocenters. The van der Waals surface area contributed by atoms with Gasteiger partial charge in [0, 0.05) is 11.8 Å². The SMILES string of the molecule is C=CC[C@@]1(C)C(=O)C[C@H](C(=C)C)C[C@H]1C. The van der Waals surface area contributed by atoms with Gasteiger partial charge in [0.15, 0.2) is 0 Å². The van der Waals surface area contributed by atoms with Crippen LogP contribution in [-0.4, -0.2) is 5.78 Å². The standard InChI is InChI=1S/C14H22O/c1-6-7-14(5)11(4)8-12(10(2)3)9-13(14)15/h6,11-12H,1-2,7-9H2,3-5H3/t11-,12-,14-/m1/s1. The molecular weight excluding hydrogens is 184 g/mol. The molecule has 84 valence electrons. The molecule has 0 N–H and O–H groups in total. The summed E-state index contributed by atoms with van der Waals surface area (Å²) in [7, 11) is 0. The van der Waals surface area contributed by atoms with Crippen molar-refractivity contribution < 1.29 is 4.79 Å². The highest BCUT2D eigenvalue weighted by atomic mass is 16.1. The molecule has 0 aliphatic heterocycles. The molecule has 1 aliphatic carbocycles. The first-order valence-electron chi connectivity index (χ1n) is 5.71. The fourth-order valence-electron chi connectivity index (χ4n) is 2.49. The fraction of sp³-hybridized carbons (Fsp3) is 0.643. The second-order valence-electron chi connectivity index (χ2n) is 5.22. The van der Waals surface area contributed by atoms with Crippen molar-refractivity contribution in [2.75, 3.05) is 0 Å². The first-order chi connectivity index (χ1) is 6.91. The van der Waals surface area contributed by atoms with Crippen LogP contribution in [0, 0.1) is 17.3 Å². The normalized spacial score (nSPS) is 36.3. The number of Topliss-reactive ketones (excluding diaryl/α,β-unsaturated/α-hetero) is 1. The largest absolute Gasteiger partial charge is 0.299 e. The number of carbonyl (C=O) groups excluding carboxylic acids is 1. The molecule has 15 heavy (non-hydrogen) atoms. The molecule has 0 aromatic carbocycles. The van der Waals surface area contributed by atoms with Crippen LogP contribution in [0.15, 0.2) is 24.8 Å². The molecule has 1 rings (SSSR count).